The van der Waals surface area contributed by atoms with E-state index in [4.69, 9.17) is 9.99 Å². The lowest BCUT2D eigenvalue weighted by atomic mass is 9.98. The van der Waals surface area contributed by atoms with Gasteiger partial charge >= 0.3 is 5.97 Å². The summed E-state index contributed by atoms with van der Waals surface area (Å²) in [6.45, 7) is 4.75. The minimum atomic E-state index is -0.823. The smallest absolute Gasteiger partial charge is 0.308 e. The molecule has 0 aromatic heterocycles. The fraction of sp³-hybridized carbons (Fsp3) is 0.364. The molecule has 4 nitrogen and oxygen atoms in total. The van der Waals surface area contributed by atoms with Crippen molar-refractivity contribution in [2.24, 2.45) is 0 Å². The van der Waals surface area contributed by atoms with Crippen LogP contribution in [0.2, 0.25) is 0 Å². The van der Waals surface area contributed by atoms with Gasteiger partial charge in [0.15, 0.2) is 0 Å². The Hall–Kier alpha value is -1.39. The highest BCUT2D eigenvalue weighted by Crippen LogP contribution is 2.26. The number of benzene rings is 1. The molecule has 0 amide bonds. The van der Waals surface area contributed by atoms with Gasteiger partial charge in [-0.25, -0.2) is 4.89 Å². The van der Waals surface area contributed by atoms with Crippen LogP contribution in [0.3, 0.4) is 0 Å². The van der Waals surface area contributed by atoms with Gasteiger partial charge in [0.25, 0.3) is 0 Å². The van der Waals surface area contributed by atoms with E-state index in [9.17, 15) is 4.79 Å². The van der Waals surface area contributed by atoms with Gasteiger partial charge in [-0.15, -0.1) is 0 Å². The first-order valence-electron chi connectivity index (χ1n) is 4.57. The maximum atomic E-state index is 10.7. The Morgan fingerprint density at radius 3 is 2.60 bits per heavy atom. The van der Waals surface area contributed by atoms with Gasteiger partial charge in [0.05, 0.1) is 0 Å². The lowest BCUT2D eigenvalue weighted by molar-refractivity contribution is -0.318. The summed E-state index contributed by atoms with van der Waals surface area (Å²) in [5, 5.41) is 8.71. The van der Waals surface area contributed by atoms with Crippen molar-refractivity contribution in [2.45, 2.75) is 26.4 Å². The Balaban J connectivity index is 2.97. The SMILES string of the molecule is CC(=O)Oc1cccc(C(C)(C)OO)c1. The summed E-state index contributed by atoms with van der Waals surface area (Å²) in [5.41, 5.74) is -0.0976. The maximum absolute atomic E-state index is 10.7. The molecule has 0 saturated heterocycles. The summed E-state index contributed by atoms with van der Waals surface area (Å²) < 4.78 is 4.92. The molecule has 1 rings (SSSR count). The monoisotopic (exact) mass is 210 g/mol. The Kier molecular flexibility index (Phi) is 3.44. The van der Waals surface area contributed by atoms with Crippen LogP contribution in [0.15, 0.2) is 24.3 Å². The molecule has 0 saturated carbocycles. The molecule has 0 aliphatic rings. The standard InChI is InChI=1S/C11H14O4/c1-8(12)14-10-6-4-5-9(7-10)11(2,3)15-13/h4-7,13H,1-3H3. The zero-order chi connectivity index (χ0) is 11.5. The van der Waals surface area contributed by atoms with Gasteiger partial charge in [0.2, 0.25) is 0 Å². The van der Waals surface area contributed by atoms with Crippen LogP contribution in [-0.4, -0.2) is 11.2 Å². The molecule has 1 N–H and O–H groups in total. The summed E-state index contributed by atoms with van der Waals surface area (Å²) in [7, 11) is 0. The second kappa shape index (κ2) is 4.42. The molecule has 0 aliphatic heterocycles. The first kappa shape index (κ1) is 11.7. The first-order valence-corrected chi connectivity index (χ1v) is 4.57. The van der Waals surface area contributed by atoms with Crippen molar-refractivity contribution >= 4 is 5.97 Å². The maximum Gasteiger partial charge on any atom is 0.308 e. The van der Waals surface area contributed by atoms with Crippen LogP contribution in [-0.2, 0) is 15.3 Å². The third-order valence-electron chi connectivity index (χ3n) is 2.02. The zero-order valence-electron chi connectivity index (χ0n) is 8.98. The fourth-order valence-corrected chi connectivity index (χ4v) is 1.15. The average Bonchev–Trinajstić information content (AvgIpc) is 2.17. The van der Waals surface area contributed by atoms with Crippen LogP contribution in [0.5, 0.6) is 5.75 Å². The minimum Gasteiger partial charge on any atom is -0.427 e. The highest BCUT2D eigenvalue weighted by molar-refractivity contribution is 5.69. The lowest BCUT2D eigenvalue weighted by Crippen LogP contribution is -2.19. The fourth-order valence-electron chi connectivity index (χ4n) is 1.15. The molecule has 0 atom stereocenters. The van der Waals surface area contributed by atoms with E-state index >= 15 is 0 Å². The zero-order valence-corrected chi connectivity index (χ0v) is 8.98. The summed E-state index contributed by atoms with van der Waals surface area (Å²) in [6.07, 6.45) is 0. The number of rotatable bonds is 3. The average molecular weight is 210 g/mol. The molecule has 0 spiro atoms. The summed E-state index contributed by atoms with van der Waals surface area (Å²) >= 11 is 0. The second-order valence-corrected chi connectivity index (χ2v) is 3.72. The van der Waals surface area contributed by atoms with Crippen LogP contribution in [0.4, 0.5) is 0 Å². The Bertz CT molecular complexity index is 357. The third kappa shape index (κ3) is 3.04. The molecule has 4 heteroatoms. The predicted octanol–water partition coefficient (Wildman–Crippen LogP) is 2.34. The van der Waals surface area contributed by atoms with Gasteiger partial charge in [-0.05, 0) is 31.5 Å². The minimum absolute atomic E-state index is 0.380. The molecule has 82 valence electrons. The van der Waals surface area contributed by atoms with Crippen molar-refractivity contribution in [3.63, 3.8) is 0 Å². The van der Waals surface area contributed by atoms with E-state index in [1.54, 1.807) is 38.1 Å². The van der Waals surface area contributed by atoms with Crippen molar-refractivity contribution in [3.8, 4) is 5.75 Å². The topological polar surface area (TPSA) is 55.8 Å². The Morgan fingerprint density at radius 2 is 2.07 bits per heavy atom. The molecule has 0 fully saturated rings. The van der Waals surface area contributed by atoms with Gasteiger partial charge < -0.3 is 4.74 Å². The van der Waals surface area contributed by atoms with Gasteiger partial charge in [-0.2, -0.15) is 0 Å². The Morgan fingerprint density at radius 1 is 1.40 bits per heavy atom. The van der Waals surface area contributed by atoms with E-state index in [-0.39, 0.29) is 5.97 Å². The van der Waals surface area contributed by atoms with Crippen LogP contribution in [0, 0.1) is 0 Å². The van der Waals surface area contributed by atoms with E-state index in [1.165, 1.54) is 6.92 Å². The number of carbonyl (C=O) groups excluding carboxylic acids is 1. The first-order chi connectivity index (χ1) is 6.95. The van der Waals surface area contributed by atoms with Gasteiger partial charge in [-0.3, -0.25) is 10.1 Å². The normalized spacial score (nSPS) is 11.2. The second-order valence-electron chi connectivity index (χ2n) is 3.72. The van der Waals surface area contributed by atoms with E-state index in [0.29, 0.717) is 5.75 Å². The molecule has 15 heavy (non-hydrogen) atoms. The van der Waals surface area contributed by atoms with Gasteiger partial charge in [0, 0.05) is 6.92 Å². The number of hydrogen-bond acceptors (Lipinski definition) is 4. The lowest BCUT2D eigenvalue weighted by Gasteiger charge is -2.21. The third-order valence-corrected chi connectivity index (χ3v) is 2.02. The van der Waals surface area contributed by atoms with Crippen LogP contribution in [0.25, 0.3) is 0 Å². The van der Waals surface area contributed by atoms with E-state index in [1.807, 2.05) is 0 Å². The van der Waals surface area contributed by atoms with Gasteiger partial charge in [-0.1, -0.05) is 12.1 Å². The molecule has 0 radical (unpaired) electrons. The Labute approximate surface area is 88.4 Å². The molecule has 0 heterocycles. The summed E-state index contributed by atoms with van der Waals surface area (Å²) in [5.74, 6) is 0.0556. The van der Waals surface area contributed by atoms with Crippen molar-refractivity contribution in [1.29, 1.82) is 0 Å². The number of hydrogen-bond donors (Lipinski definition) is 1. The van der Waals surface area contributed by atoms with Crippen molar-refractivity contribution < 1.29 is 19.7 Å². The molecule has 0 aliphatic carbocycles. The van der Waals surface area contributed by atoms with Crippen LogP contribution < -0.4 is 4.74 Å². The molecule has 1 aromatic rings. The number of esters is 1. The van der Waals surface area contributed by atoms with Crippen LogP contribution in [0.1, 0.15) is 26.3 Å². The quantitative estimate of drug-likeness (QED) is 0.360. The molecule has 0 unspecified atom stereocenters. The highest BCUT2D eigenvalue weighted by atomic mass is 17.1. The van der Waals surface area contributed by atoms with Crippen LogP contribution >= 0.6 is 0 Å². The van der Waals surface area contributed by atoms with Gasteiger partial charge in [0.1, 0.15) is 11.4 Å². The van der Waals surface area contributed by atoms with E-state index in [0.717, 1.165) is 5.56 Å². The summed E-state index contributed by atoms with van der Waals surface area (Å²) in [6, 6.07) is 6.83. The highest BCUT2D eigenvalue weighted by Gasteiger charge is 2.21. The summed E-state index contributed by atoms with van der Waals surface area (Å²) in [4.78, 5) is 15.1. The molecule has 0 bridgehead atoms. The van der Waals surface area contributed by atoms with E-state index in [2.05, 4.69) is 4.89 Å². The number of ether oxygens (including phenoxy) is 1. The molecular weight excluding hydrogens is 196 g/mol. The van der Waals surface area contributed by atoms with Crippen molar-refractivity contribution in [1.82, 2.24) is 0 Å². The molecular formula is C11H14O4. The van der Waals surface area contributed by atoms with Crippen molar-refractivity contribution in [2.75, 3.05) is 0 Å². The van der Waals surface area contributed by atoms with E-state index < -0.39 is 5.60 Å². The predicted molar refractivity (Wildman–Crippen MR) is 54.5 cm³/mol. The largest absolute Gasteiger partial charge is 0.427 e. The van der Waals surface area contributed by atoms with Crippen molar-refractivity contribution in [3.05, 3.63) is 29.8 Å². The number of carbonyl (C=O) groups is 1. The molecule has 1 aromatic carbocycles.